The van der Waals surface area contributed by atoms with E-state index in [1.165, 1.54) is 10.5 Å². The number of amides is 2. The van der Waals surface area contributed by atoms with Crippen molar-refractivity contribution in [1.82, 2.24) is 9.80 Å². The number of hydrogen-bond donors (Lipinski definition) is 1. The normalized spacial score (nSPS) is 27.0. The fraction of sp³-hybridized carbons (Fsp3) is 0.652. The minimum atomic E-state index is -0.194. The van der Waals surface area contributed by atoms with Crippen molar-refractivity contribution in [2.45, 2.75) is 70.8 Å². The molecule has 0 spiro atoms. The van der Waals surface area contributed by atoms with E-state index in [2.05, 4.69) is 11.0 Å². The zero-order valence-electron chi connectivity index (χ0n) is 17.1. The van der Waals surface area contributed by atoms with Crippen LogP contribution in [0.25, 0.3) is 0 Å². The van der Waals surface area contributed by atoms with E-state index in [-0.39, 0.29) is 17.2 Å². The van der Waals surface area contributed by atoms with Crippen LogP contribution in [0.3, 0.4) is 0 Å². The maximum absolute atomic E-state index is 12.3. The molecule has 2 amide bonds. The molecule has 0 aromatic heterocycles. The number of nitrogens with zero attached hydrogens (tertiary/aromatic N) is 2. The third-order valence-electron chi connectivity index (χ3n) is 6.88. The smallest absolute Gasteiger partial charge is 0.229 e. The van der Waals surface area contributed by atoms with Crippen LogP contribution in [-0.4, -0.2) is 52.4 Å². The molecule has 3 aliphatic rings. The van der Waals surface area contributed by atoms with E-state index in [9.17, 15) is 14.7 Å². The number of rotatable bonds is 5. The van der Waals surface area contributed by atoms with Crippen molar-refractivity contribution in [2.75, 3.05) is 19.6 Å². The van der Waals surface area contributed by atoms with Crippen molar-refractivity contribution in [3.05, 3.63) is 29.3 Å². The van der Waals surface area contributed by atoms with Crippen LogP contribution in [0.2, 0.25) is 0 Å². The second-order valence-corrected chi connectivity index (χ2v) is 9.55. The van der Waals surface area contributed by atoms with E-state index in [1.54, 1.807) is 6.07 Å². The van der Waals surface area contributed by atoms with Crippen LogP contribution in [0.5, 0.6) is 5.75 Å². The first-order valence-corrected chi connectivity index (χ1v) is 10.7. The summed E-state index contributed by atoms with van der Waals surface area (Å²) in [6.07, 6.45) is 6.04. The minimum Gasteiger partial charge on any atom is -0.508 e. The molecule has 1 aromatic rings. The molecule has 5 nitrogen and oxygen atoms in total. The minimum absolute atomic E-state index is 0.00817. The van der Waals surface area contributed by atoms with Crippen molar-refractivity contribution in [3.8, 4) is 5.75 Å². The first-order valence-electron chi connectivity index (χ1n) is 10.7. The summed E-state index contributed by atoms with van der Waals surface area (Å²) < 4.78 is 0. The Hall–Kier alpha value is -1.88. The lowest BCUT2D eigenvalue weighted by molar-refractivity contribution is -0.152. The quantitative estimate of drug-likeness (QED) is 0.624. The monoisotopic (exact) mass is 384 g/mol. The van der Waals surface area contributed by atoms with Crippen LogP contribution < -0.4 is 0 Å². The molecule has 2 heterocycles. The maximum Gasteiger partial charge on any atom is 0.229 e. The Kier molecular flexibility index (Phi) is 5.21. The topological polar surface area (TPSA) is 60.9 Å². The number of likely N-dealkylation sites (tertiary alicyclic amines) is 2. The molecule has 2 aliphatic heterocycles. The summed E-state index contributed by atoms with van der Waals surface area (Å²) >= 11 is 0. The number of unbranched alkanes of at least 4 members (excludes halogenated alkanes) is 1. The molecule has 2 fully saturated rings. The van der Waals surface area contributed by atoms with Gasteiger partial charge in [-0.2, -0.15) is 0 Å². The third kappa shape index (κ3) is 3.69. The van der Waals surface area contributed by atoms with Crippen LogP contribution in [0.4, 0.5) is 0 Å². The van der Waals surface area contributed by atoms with Gasteiger partial charge < -0.3 is 5.11 Å². The van der Waals surface area contributed by atoms with Gasteiger partial charge in [-0.3, -0.25) is 19.4 Å². The van der Waals surface area contributed by atoms with Gasteiger partial charge >= 0.3 is 0 Å². The van der Waals surface area contributed by atoms with Crippen molar-refractivity contribution >= 4 is 11.8 Å². The molecule has 0 radical (unpaired) electrons. The summed E-state index contributed by atoms with van der Waals surface area (Å²) in [4.78, 5) is 28.6. The summed E-state index contributed by atoms with van der Waals surface area (Å²) in [6, 6.07) is 6.52. The van der Waals surface area contributed by atoms with Crippen LogP contribution in [0.15, 0.2) is 18.2 Å². The zero-order chi connectivity index (χ0) is 19.9. The number of aromatic hydroxyl groups is 1. The predicted octanol–water partition coefficient (Wildman–Crippen LogP) is 3.45. The molecular formula is C23H32N2O3. The number of hydrogen-bond acceptors (Lipinski definition) is 4. The van der Waals surface area contributed by atoms with Gasteiger partial charge in [0, 0.05) is 31.3 Å². The Balaban J connectivity index is 1.28. The summed E-state index contributed by atoms with van der Waals surface area (Å²) in [5.74, 6) is 0.967. The number of carbonyl (C=O) groups is 2. The number of piperidine rings is 1. The lowest BCUT2D eigenvalue weighted by Gasteiger charge is -2.35. The summed E-state index contributed by atoms with van der Waals surface area (Å²) in [5, 5.41) is 10.1. The van der Waals surface area contributed by atoms with Crippen molar-refractivity contribution in [1.29, 1.82) is 0 Å². The van der Waals surface area contributed by atoms with Gasteiger partial charge in [-0.15, -0.1) is 0 Å². The number of imide groups is 1. The first kappa shape index (κ1) is 19.4. The van der Waals surface area contributed by atoms with E-state index in [0.717, 1.165) is 50.8 Å². The Morgan fingerprint density at radius 2 is 1.79 bits per heavy atom. The predicted molar refractivity (Wildman–Crippen MR) is 108 cm³/mol. The van der Waals surface area contributed by atoms with Gasteiger partial charge in [-0.05, 0) is 67.8 Å². The Bertz CT molecular complexity index is 753. The van der Waals surface area contributed by atoms with Crippen LogP contribution >= 0.6 is 0 Å². The molecule has 0 unspecified atom stereocenters. The molecule has 1 aromatic carbocycles. The Morgan fingerprint density at radius 1 is 1.07 bits per heavy atom. The summed E-state index contributed by atoms with van der Waals surface area (Å²) in [6.45, 7) is 6.67. The van der Waals surface area contributed by atoms with E-state index in [1.807, 2.05) is 19.9 Å². The molecule has 4 rings (SSSR count). The molecule has 0 bridgehead atoms. The zero-order valence-corrected chi connectivity index (χ0v) is 17.1. The lowest BCUT2D eigenvalue weighted by Crippen LogP contribution is -2.46. The number of fused-ring (bicyclic) bond motifs is 3. The van der Waals surface area contributed by atoms with Gasteiger partial charge in [-0.1, -0.05) is 26.0 Å². The van der Waals surface area contributed by atoms with Crippen molar-refractivity contribution in [3.63, 3.8) is 0 Å². The molecule has 5 heteroatoms. The maximum atomic E-state index is 12.3. The standard InChI is InChI=1S/C23H32N2O3/c1-23(2)14-21(27)25(22(28)15-23)12-4-3-11-24-13-10-17-16-6-5-7-20(26)18(16)8-9-19(17)24/h5-7,17,19,26H,3-4,8-15H2,1-2H3/t17-,19+/m1/s1. The van der Waals surface area contributed by atoms with Crippen LogP contribution in [0.1, 0.15) is 69.4 Å². The second-order valence-electron chi connectivity index (χ2n) is 9.55. The number of phenolic OH excluding ortho intramolecular Hbond substituents is 1. The first-order chi connectivity index (χ1) is 13.4. The van der Waals surface area contributed by atoms with Gasteiger partial charge in [0.25, 0.3) is 0 Å². The highest BCUT2D eigenvalue weighted by Crippen LogP contribution is 2.43. The molecule has 152 valence electrons. The highest BCUT2D eigenvalue weighted by atomic mass is 16.3. The third-order valence-corrected chi connectivity index (χ3v) is 6.88. The van der Waals surface area contributed by atoms with E-state index in [0.29, 0.717) is 37.1 Å². The number of phenols is 1. The highest BCUT2D eigenvalue weighted by molar-refractivity contribution is 5.98. The highest BCUT2D eigenvalue weighted by Gasteiger charge is 2.39. The molecular weight excluding hydrogens is 352 g/mol. The van der Waals surface area contributed by atoms with Crippen molar-refractivity contribution in [2.24, 2.45) is 5.41 Å². The Morgan fingerprint density at radius 3 is 2.54 bits per heavy atom. The Labute approximate surface area is 167 Å². The van der Waals surface area contributed by atoms with Gasteiger partial charge in [0.1, 0.15) is 5.75 Å². The second kappa shape index (κ2) is 7.51. The summed E-state index contributed by atoms with van der Waals surface area (Å²) in [5.41, 5.74) is 2.29. The van der Waals surface area contributed by atoms with Gasteiger partial charge in [0.05, 0.1) is 0 Å². The lowest BCUT2D eigenvalue weighted by atomic mass is 9.79. The fourth-order valence-corrected chi connectivity index (χ4v) is 5.49. The average molecular weight is 385 g/mol. The molecule has 1 N–H and O–H groups in total. The van der Waals surface area contributed by atoms with E-state index >= 15 is 0 Å². The van der Waals surface area contributed by atoms with Crippen LogP contribution in [-0.2, 0) is 16.0 Å². The number of benzene rings is 1. The average Bonchev–Trinajstić information content (AvgIpc) is 3.03. The van der Waals surface area contributed by atoms with E-state index in [4.69, 9.17) is 0 Å². The molecule has 1 aliphatic carbocycles. The molecule has 2 saturated heterocycles. The number of carbonyl (C=O) groups excluding carboxylic acids is 2. The van der Waals surface area contributed by atoms with Gasteiger partial charge in [0.15, 0.2) is 0 Å². The molecule has 28 heavy (non-hydrogen) atoms. The van der Waals surface area contributed by atoms with Gasteiger partial charge in [0.2, 0.25) is 11.8 Å². The molecule has 2 atom stereocenters. The SMILES string of the molecule is CC1(C)CC(=O)N(CCCCN2CC[C@@H]3c4cccc(O)c4CC[C@@H]32)C(=O)C1. The van der Waals surface area contributed by atoms with E-state index < -0.39 is 0 Å². The van der Waals surface area contributed by atoms with Crippen molar-refractivity contribution < 1.29 is 14.7 Å². The van der Waals surface area contributed by atoms with Crippen LogP contribution in [0, 0.1) is 5.41 Å². The molecule has 0 saturated carbocycles. The van der Waals surface area contributed by atoms with Gasteiger partial charge in [-0.25, -0.2) is 0 Å². The summed E-state index contributed by atoms with van der Waals surface area (Å²) in [7, 11) is 0. The largest absolute Gasteiger partial charge is 0.508 e. The fourth-order valence-electron chi connectivity index (χ4n) is 5.49.